The normalized spacial score (nSPS) is 11.1. The summed E-state index contributed by atoms with van der Waals surface area (Å²) in [5.74, 6) is 2.87. The molecule has 160 valence electrons. The Labute approximate surface area is 181 Å². The van der Waals surface area contributed by atoms with Crippen molar-refractivity contribution in [1.82, 2.24) is 20.1 Å². The highest BCUT2D eigenvalue weighted by molar-refractivity contribution is 7.99. The van der Waals surface area contributed by atoms with Crippen molar-refractivity contribution in [2.45, 2.75) is 52.0 Å². The largest absolute Gasteiger partial charge is 0.486 e. The first kappa shape index (κ1) is 22.0. The number of aryl methyl sites for hydroxylation is 1. The predicted molar refractivity (Wildman–Crippen MR) is 116 cm³/mol. The van der Waals surface area contributed by atoms with Crippen molar-refractivity contribution in [3.8, 4) is 5.75 Å². The van der Waals surface area contributed by atoms with Crippen LogP contribution in [-0.4, -0.2) is 26.4 Å². The van der Waals surface area contributed by atoms with E-state index in [-0.39, 0.29) is 11.7 Å². The van der Waals surface area contributed by atoms with E-state index in [4.69, 9.17) is 9.15 Å². The van der Waals surface area contributed by atoms with E-state index in [2.05, 4.69) is 48.4 Å². The van der Waals surface area contributed by atoms with Crippen molar-refractivity contribution < 1.29 is 13.9 Å². The third-order valence-electron chi connectivity index (χ3n) is 4.41. The van der Waals surface area contributed by atoms with Gasteiger partial charge < -0.3 is 19.0 Å². The molecule has 30 heavy (non-hydrogen) atoms. The molecule has 0 bridgehead atoms. The van der Waals surface area contributed by atoms with Crippen LogP contribution in [-0.2, 0) is 30.9 Å². The van der Waals surface area contributed by atoms with Gasteiger partial charge in [-0.05, 0) is 42.2 Å². The highest BCUT2D eigenvalue weighted by Crippen LogP contribution is 2.20. The Balaban J connectivity index is 1.58. The van der Waals surface area contributed by atoms with Gasteiger partial charge >= 0.3 is 0 Å². The summed E-state index contributed by atoms with van der Waals surface area (Å²) < 4.78 is 13.2. The fourth-order valence-corrected chi connectivity index (χ4v) is 3.63. The van der Waals surface area contributed by atoms with Gasteiger partial charge in [0.25, 0.3) is 0 Å². The Kier molecular flexibility index (Phi) is 7.96. The summed E-state index contributed by atoms with van der Waals surface area (Å²) in [4.78, 5) is 12.2. The smallest absolute Gasteiger partial charge is 0.230 e. The standard InChI is InChI=1S/C22H28N4O3S/c1-4-17-7-9-18(10-8-17)29-14-20-24-25-22(26(20)13-16(2)3)30-15-21(27)23-12-19-6-5-11-28-19/h5-11,16H,4,12-15H2,1-3H3,(H,23,27). The lowest BCUT2D eigenvalue weighted by molar-refractivity contribution is -0.118. The van der Waals surface area contributed by atoms with Crippen LogP contribution < -0.4 is 10.1 Å². The lowest BCUT2D eigenvalue weighted by Gasteiger charge is -2.13. The zero-order chi connectivity index (χ0) is 21.3. The van der Waals surface area contributed by atoms with Crippen LogP contribution in [0, 0.1) is 5.92 Å². The van der Waals surface area contributed by atoms with Crippen LogP contribution in [0.25, 0.3) is 0 Å². The van der Waals surface area contributed by atoms with Crippen LogP contribution >= 0.6 is 11.8 Å². The summed E-state index contributed by atoms with van der Waals surface area (Å²) in [7, 11) is 0. The summed E-state index contributed by atoms with van der Waals surface area (Å²) in [6, 6.07) is 11.7. The monoisotopic (exact) mass is 428 g/mol. The summed E-state index contributed by atoms with van der Waals surface area (Å²) in [5.41, 5.74) is 1.27. The van der Waals surface area contributed by atoms with E-state index in [9.17, 15) is 4.79 Å². The maximum atomic E-state index is 12.2. The Morgan fingerprint density at radius 1 is 1.23 bits per heavy atom. The van der Waals surface area contributed by atoms with E-state index in [0.717, 1.165) is 35.5 Å². The highest BCUT2D eigenvalue weighted by atomic mass is 32.2. The number of benzene rings is 1. The number of rotatable bonds is 11. The first-order chi connectivity index (χ1) is 14.5. The van der Waals surface area contributed by atoms with Crippen molar-refractivity contribution >= 4 is 17.7 Å². The molecule has 0 spiro atoms. The molecule has 0 atom stereocenters. The number of hydrogen-bond donors (Lipinski definition) is 1. The molecule has 0 aliphatic heterocycles. The van der Waals surface area contributed by atoms with E-state index < -0.39 is 0 Å². The van der Waals surface area contributed by atoms with Gasteiger partial charge in [0.05, 0.1) is 18.6 Å². The van der Waals surface area contributed by atoms with Crippen molar-refractivity contribution in [2.24, 2.45) is 5.92 Å². The Bertz CT molecular complexity index is 921. The van der Waals surface area contributed by atoms with Gasteiger partial charge in [0.15, 0.2) is 11.0 Å². The molecular formula is C22H28N4O3S. The number of ether oxygens (including phenoxy) is 1. The van der Waals surface area contributed by atoms with E-state index in [1.165, 1.54) is 17.3 Å². The fraction of sp³-hybridized carbons (Fsp3) is 0.409. The molecule has 0 saturated carbocycles. The Morgan fingerprint density at radius 3 is 2.70 bits per heavy atom. The average molecular weight is 429 g/mol. The second kappa shape index (κ2) is 10.9. The van der Waals surface area contributed by atoms with E-state index in [1.807, 2.05) is 22.8 Å². The number of carbonyl (C=O) groups excluding carboxylic acids is 1. The second-order valence-electron chi connectivity index (χ2n) is 7.33. The molecule has 3 rings (SSSR count). The van der Waals surface area contributed by atoms with Crippen LogP contribution in [0.4, 0.5) is 0 Å². The zero-order valence-electron chi connectivity index (χ0n) is 17.6. The molecule has 3 aromatic rings. The first-order valence-corrected chi connectivity index (χ1v) is 11.1. The molecule has 0 aliphatic rings. The number of aromatic nitrogens is 3. The minimum Gasteiger partial charge on any atom is -0.486 e. The molecule has 8 heteroatoms. The molecule has 1 amide bonds. The van der Waals surface area contributed by atoms with E-state index >= 15 is 0 Å². The van der Waals surface area contributed by atoms with Crippen molar-refractivity contribution in [1.29, 1.82) is 0 Å². The quantitative estimate of drug-likeness (QED) is 0.464. The molecule has 0 aliphatic carbocycles. The molecule has 1 aromatic carbocycles. The molecule has 1 N–H and O–H groups in total. The van der Waals surface area contributed by atoms with Gasteiger partial charge in [-0.3, -0.25) is 4.79 Å². The Hall–Kier alpha value is -2.74. The van der Waals surface area contributed by atoms with Crippen LogP contribution in [0.15, 0.2) is 52.2 Å². The van der Waals surface area contributed by atoms with Crippen LogP contribution in [0.1, 0.15) is 37.9 Å². The second-order valence-corrected chi connectivity index (χ2v) is 8.28. The average Bonchev–Trinajstić information content (AvgIpc) is 3.39. The van der Waals surface area contributed by atoms with Gasteiger partial charge in [-0.1, -0.05) is 44.7 Å². The van der Waals surface area contributed by atoms with Gasteiger partial charge in [-0.15, -0.1) is 10.2 Å². The third kappa shape index (κ3) is 6.38. The number of amides is 1. The van der Waals surface area contributed by atoms with Crippen molar-refractivity contribution in [3.05, 3.63) is 59.8 Å². The highest BCUT2D eigenvalue weighted by Gasteiger charge is 2.16. The van der Waals surface area contributed by atoms with Gasteiger partial charge in [0.2, 0.25) is 5.91 Å². The molecule has 0 unspecified atom stereocenters. The predicted octanol–water partition coefficient (Wildman–Crippen LogP) is 4.08. The first-order valence-electron chi connectivity index (χ1n) is 10.1. The van der Waals surface area contributed by atoms with Crippen molar-refractivity contribution in [2.75, 3.05) is 5.75 Å². The van der Waals surface area contributed by atoms with Crippen LogP contribution in [0.3, 0.4) is 0 Å². The van der Waals surface area contributed by atoms with Gasteiger partial charge in [0, 0.05) is 6.54 Å². The Morgan fingerprint density at radius 2 is 2.03 bits per heavy atom. The molecular weight excluding hydrogens is 400 g/mol. The lowest BCUT2D eigenvalue weighted by Crippen LogP contribution is -2.24. The maximum absolute atomic E-state index is 12.2. The van der Waals surface area contributed by atoms with E-state index in [0.29, 0.717) is 19.1 Å². The molecule has 7 nitrogen and oxygen atoms in total. The summed E-state index contributed by atoms with van der Waals surface area (Å²) >= 11 is 1.37. The lowest BCUT2D eigenvalue weighted by atomic mass is 10.2. The minimum absolute atomic E-state index is 0.0793. The van der Waals surface area contributed by atoms with Gasteiger partial charge in [0.1, 0.15) is 18.1 Å². The SMILES string of the molecule is CCc1ccc(OCc2nnc(SCC(=O)NCc3ccco3)n2CC(C)C)cc1. The van der Waals surface area contributed by atoms with Gasteiger partial charge in [-0.25, -0.2) is 0 Å². The maximum Gasteiger partial charge on any atom is 0.230 e. The van der Waals surface area contributed by atoms with Crippen molar-refractivity contribution in [3.63, 3.8) is 0 Å². The van der Waals surface area contributed by atoms with Crippen LogP contribution in [0.2, 0.25) is 0 Å². The number of hydrogen-bond acceptors (Lipinski definition) is 6. The number of furan rings is 1. The minimum atomic E-state index is -0.0793. The molecule has 0 radical (unpaired) electrons. The van der Waals surface area contributed by atoms with Crippen LogP contribution in [0.5, 0.6) is 5.75 Å². The number of nitrogens with one attached hydrogen (secondary N) is 1. The fourth-order valence-electron chi connectivity index (χ4n) is 2.83. The van der Waals surface area contributed by atoms with E-state index in [1.54, 1.807) is 12.3 Å². The molecule has 2 heterocycles. The zero-order valence-corrected chi connectivity index (χ0v) is 18.4. The summed E-state index contributed by atoms with van der Waals surface area (Å²) in [6.07, 6.45) is 2.59. The topological polar surface area (TPSA) is 82.2 Å². The molecule has 0 saturated heterocycles. The number of thioether (sulfide) groups is 1. The number of carbonyl (C=O) groups is 1. The third-order valence-corrected chi connectivity index (χ3v) is 5.38. The van der Waals surface area contributed by atoms with Gasteiger partial charge in [-0.2, -0.15) is 0 Å². The summed E-state index contributed by atoms with van der Waals surface area (Å²) in [5, 5.41) is 12.2. The number of nitrogens with zero attached hydrogens (tertiary/aromatic N) is 3. The molecule has 2 aromatic heterocycles. The summed E-state index contributed by atoms with van der Waals surface area (Å²) in [6.45, 7) is 7.87. The molecule has 0 fully saturated rings.